The molecule has 3 aliphatic rings. The lowest BCUT2D eigenvalue weighted by Gasteiger charge is -2.29. The van der Waals surface area contributed by atoms with Gasteiger partial charge in [-0.2, -0.15) is 0 Å². The number of ether oxygens (including phenoxy) is 2. The van der Waals surface area contributed by atoms with Crippen LogP contribution in [0.4, 0.5) is 0 Å². The number of morpholine rings is 1. The Labute approximate surface area is 200 Å². The molecule has 5 rings (SSSR count). The number of hydrogen-bond acceptors (Lipinski definition) is 6. The largest absolute Gasteiger partial charge is 0.489 e. The standard InChI is InChI=1S/C25H27N3O5/c29-23-9-8-21(24(30)26-23)28-15-20-19(25(28)31)2-1-3-22(20)33-16-18-6-4-17(5-7-18)14-27-10-12-32-13-11-27/h1-7,21H,8-16H2,(H,26,29,30)/i8D2,9D2,21D/hD. The zero-order valence-electron chi connectivity index (χ0n) is 23.9. The fourth-order valence-electron chi connectivity index (χ4n) is 4.06. The fourth-order valence-corrected chi connectivity index (χ4v) is 4.06. The highest BCUT2D eigenvalue weighted by molar-refractivity contribution is 6.05. The third kappa shape index (κ3) is 4.62. The molecule has 0 aliphatic carbocycles. The zero-order valence-corrected chi connectivity index (χ0v) is 17.9. The number of imide groups is 1. The third-order valence-corrected chi connectivity index (χ3v) is 5.82. The summed E-state index contributed by atoms with van der Waals surface area (Å²) in [5, 5.41) is -0.370. The SMILES string of the molecule is [2H]N1C(=O)C([2H])([2H])C([2H])([2H])C([2H])(N2Cc3c(OCc4ccc(CN5CCOCC5)cc4)cccc3C2=O)C1=O. The molecule has 1 unspecified atom stereocenters. The Morgan fingerprint density at radius 3 is 2.67 bits per heavy atom. The molecule has 2 fully saturated rings. The number of carbonyl (C=O) groups is 3. The van der Waals surface area contributed by atoms with Crippen LogP contribution in [0.1, 0.15) is 46.6 Å². The molecule has 3 aliphatic heterocycles. The van der Waals surface area contributed by atoms with Crippen molar-refractivity contribution in [3.8, 4) is 5.75 Å². The highest BCUT2D eigenvalue weighted by Crippen LogP contribution is 2.34. The molecule has 8 nitrogen and oxygen atoms in total. The van der Waals surface area contributed by atoms with Gasteiger partial charge in [0.1, 0.15) is 18.4 Å². The maximum atomic E-state index is 13.3. The molecule has 2 aromatic carbocycles. The Morgan fingerprint density at radius 1 is 1.12 bits per heavy atom. The first-order valence-electron chi connectivity index (χ1n) is 13.7. The van der Waals surface area contributed by atoms with Gasteiger partial charge < -0.3 is 14.4 Å². The Kier molecular flexibility index (Phi) is 4.40. The molecule has 172 valence electrons. The van der Waals surface area contributed by atoms with Crippen LogP contribution in [0.2, 0.25) is 1.41 Å². The average Bonchev–Trinajstić information content (AvgIpc) is 3.28. The van der Waals surface area contributed by atoms with Crippen LogP contribution in [0.15, 0.2) is 42.5 Å². The van der Waals surface area contributed by atoms with E-state index < -0.39 is 43.0 Å². The summed E-state index contributed by atoms with van der Waals surface area (Å²) >= 11 is 0. The zero-order chi connectivity index (χ0) is 28.2. The van der Waals surface area contributed by atoms with Crippen LogP contribution in [-0.4, -0.2) is 59.8 Å². The number of benzene rings is 2. The quantitative estimate of drug-likeness (QED) is 0.669. The van der Waals surface area contributed by atoms with E-state index in [1.165, 1.54) is 6.07 Å². The van der Waals surface area contributed by atoms with Gasteiger partial charge in [-0.3, -0.25) is 24.6 Å². The number of amides is 3. The average molecular weight is 456 g/mol. The van der Waals surface area contributed by atoms with Crippen molar-refractivity contribution in [2.45, 2.75) is 38.5 Å². The number of hydrogen-bond donors (Lipinski definition) is 1. The van der Waals surface area contributed by atoms with Crippen molar-refractivity contribution in [1.29, 1.82) is 0 Å². The van der Waals surface area contributed by atoms with Crippen LogP contribution >= 0.6 is 0 Å². The number of fused-ring (bicyclic) bond motifs is 1. The minimum atomic E-state index is -3.44. The molecule has 0 spiro atoms. The highest BCUT2D eigenvalue weighted by Gasteiger charge is 2.40. The van der Waals surface area contributed by atoms with Crippen molar-refractivity contribution in [2.75, 3.05) is 26.3 Å². The van der Waals surface area contributed by atoms with E-state index in [1.54, 1.807) is 12.1 Å². The monoisotopic (exact) mass is 455 g/mol. The Hall–Kier alpha value is -3.23. The van der Waals surface area contributed by atoms with Gasteiger partial charge in [-0.05, 0) is 29.6 Å². The number of carbonyl (C=O) groups excluding carboxylic acids is 3. The lowest BCUT2D eigenvalue weighted by Crippen LogP contribution is -2.52. The molecule has 2 saturated heterocycles. The number of piperidine rings is 1. The van der Waals surface area contributed by atoms with Gasteiger partial charge in [-0.15, -0.1) is 0 Å². The van der Waals surface area contributed by atoms with Crippen LogP contribution in [0, 0.1) is 0 Å². The second kappa shape index (κ2) is 9.33. The molecule has 8 heteroatoms. The van der Waals surface area contributed by atoms with E-state index in [-0.39, 0.29) is 23.2 Å². The van der Waals surface area contributed by atoms with Crippen molar-refractivity contribution >= 4 is 17.7 Å². The van der Waals surface area contributed by atoms with Crippen molar-refractivity contribution in [3.05, 3.63) is 64.7 Å². The molecule has 0 saturated carbocycles. The molecule has 1 N–H and O–H groups in total. The van der Waals surface area contributed by atoms with Gasteiger partial charge >= 0.3 is 0 Å². The number of nitrogens with zero attached hydrogens (tertiary/aromatic N) is 2. The van der Waals surface area contributed by atoms with Crippen LogP contribution in [0.25, 0.3) is 0 Å². The first-order chi connectivity index (χ1) is 18.4. The molecule has 2 aromatic rings. The van der Waals surface area contributed by atoms with Gasteiger partial charge in [0, 0.05) is 42.6 Å². The van der Waals surface area contributed by atoms with E-state index in [1.807, 2.05) is 24.3 Å². The Morgan fingerprint density at radius 2 is 1.88 bits per heavy atom. The molecule has 1 atom stereocenters. The maximum Gasteiger partial charge on any atom is 0.255 e. The molecule has 3 heterocycles. The van der Waals surface area contributed by atoms with E-state index in [2.05, 4.69) is 4.90 Å². The maximum absolute atomic E-state index is 13.3. The summed E-state index contributed by atoms with van der Waals surface area (Å²) in [6.07, 6.45) is -6.83. The molecular formula is C25H27N3O5. The van der Waals surface area contributed by atoms with Crippen LogP contribution in [-0.2, 0) is 34.0 Å². The van der Waals surface area contributed by atoms with Gasteiger partial charge in [0.15, 0.2) is 1.41 Å². The van der Waals surface area contributed by atoms with Crippen molar-refractivity contribution in [2.24, 2.45) is 0 Å². The first kappa shape index (κ1) is 15.6. The van der Waals surface area contributed by atoms with E-state index >= 15 is 0 Å². The third-order valence-electron chi connectivity index (χ3n) is 5.82. The van der Waals surface area contributed by atoms with Gasteiger partial charge in [-0.1, -0.05) is 30.3 Å². The smallest absolute Gasteiger partial charge is 0.255 e. The molecule has 33 heavy (non-hydrogen) atoms. The highest BCUT2D eigenvalue weighted by atomic mass is 16.5. The fraction of sp³-hybridized carbons (Fsp3) is 0.400. The lowest BCUT2D eigenvalue weighted by atomic mass is 10.0. The molecule has 0 aromatic heterocycles. The van der Waals surface area contributed by atoms with Gasteiger partial charge in [-0.25, -0.2) is 0 Å². The van der Waals surface area contributed by atoms with E-state index in [0.717, 1.165) is 44.0 Å². The summed E-state index contributed by atoms with van der Waals surface area (Å²) in [5.41, 5.74) is 2.39. The molecule has 0 radical (unpaired) electrons. The summed E-state index contributed by atoms with van der Waals surface area (Å²) < 4.78 is 60.1. The normalized spacial score (nSPS) is 29.4. The van der Waals surface area contributed by atoms with Gasteiger partial charge in [0.2, 0.25) is 11.8 Å². The lowest BCUT2D eigenvalue weighted by molar-refractivity contribution is -0.136. The first-order valence-corrected chi connectivity index (χ1v) is 10.7. The van der Waals surface area contributed by atoms with E-state index in [9.17, 15) is 14.4 Å². The Balaban J connectivity index is 1.34. The van der Waals surface area contributed by atoms with Crippen molar-refractivity contribution in [3.63, 3.8) is 0 Å². The van der Waals surface area contributed by atoms with Crippen LogP contribution in [0.5, 0.6) is 5.75 Å². The molecular weight excluding hydrogens is 422 g/mol. The van der Waals surface area contributed by atoms with Crippen LogP contribution in [0.3, 0.4) is 0 Å². The Bertz CT molecular complexity index is 1320. The molecule has 3 amide bonds. The summed E-state index contributed by atoms with van der Waals surface area (Å²) in [6, 6.07) is 9.29. The summed E-state index contributed by atoms with van der Waals surface area (Å²) in [5.74, 6) is -3.98. The topological polar surface area (TPSA) is 88.2 Å². The van der Waals surface area contributed by atoms with E-state index in [0.29, 0.717) is 10.5 Å². The number of nitrogens with one attached hydrogen (secondary N) is 1. The van der Waals surface area contributed by atoms with Gasteiger partial charge in [0.25, 0.3) is 5.91 Å². The predicted octanol–water partition coefficient (Wildman–Crippen LogP) is 1.86. The predicted molar refractivity (Wildman–Crippen MR) is 119 cm³/mol. The van der Waals surface area contributed by atoms with Gasteiger partial charge in [0.05, 0.1) is 21.1 Å². The summed E-state index contributed by atoms with van der Waals surface area (Å²) in [4.78, 5) is 41.2. The minimum absolute atomic E-state index is 0.0672. The molecule has 0 bridgehead atoms. The van der Waals surface area contributed by atoms with Crippen molar-refractivity contribution in [1.82, 2.24) is 15.1 Å². The summed E-state index contributed by atoms with van der Waals surface area (Å²) in [6.45, 7) is 3.75. The number of rotatable bonds is 6. The second-order valence-corrected chi connectivity index (χ2v) is 7.99. The summed E-state index contributed by atoms with van der Waals surface area (Å²) in [7, 11) is 0. The minimum Gasteiger partial charge on any atom is -0.489 e. The van der Waals surface area contributed by atoms with Crippen molar-refractivity contribution < 1.29 is 32.1 Å². The van der Waals surface area contributed by atoms with Crippen LogP contribution < -0.4 is 10.0 Å². The second-order valence-electron chi connectivity index (χ2n) is 7.99. The van der Waals surface area contributed by atoms with E-state index in [4.69, 9.17) is 17.7 Å².